The van der Waals surface area contributed by atoms with Gasteiger partial charge in [-0.25, -0.2) is 0 Å². The molecule has 0 radical (unpaired) electrons. The lowest BCUT2D eigenvalue weighted by Crippen LogP contribution is -1.83. The predicted molar refractivity (Wildman–Crippen MR) is 64.9 cm³/mol. The minimum atomic E-state index is 0.197. The molecule has 0 aliphatic carbocycles. The Labute approximate surface area is 95.0 Å². The maximum atomic E-state index is 8.66. The minimum Gasteiger partial charge on any atom is -0.396 e. The van der Waals surface area contributed by atoms with Crippen molar-refractivity contribution in [2.75, 3.05) is 6.61 Å². The molecule has 0 bridgehead atoms. The monoisotopic (exact) mass is 211 g/mol. The van der Waals surface area contributed by atoms with Crippen molar-refractivity contribution in [1.82, 2.24) is 4.98 Å². The molecule has 2 nitrogen and oxygen atoms in total. The first kappa shape index (κ1) is 10.7. The van der Waals surface area contributed by atoms with E-state index in [1.807, 2.05) is 30.5 Å². The molecule has 16 heavy (non-hydrogen) atoms. The number of pyridine rings is 1. The number of aliphatic hydroxyl groups excluding tert-OH is 1. The van der Waals surface area contributed by atoms with Crippen LogP contribution in [0.15, 0.2) is 36.7 Å². The Bertz CT molecular complexity index is 532. The van der Waals surface area contributed by atoms with Gasteiger partial charge in [-0.2, -0.15) is 0 Å². The highest BCUT2D eigenvalue weighted by Crippen LogP contribution is 2.15. The van der Waals surface area contributed by atoms with Crippen LogP contribution in [-0.2, 0) is 0 Å². The molecule has 2 heteroatoms. The maximum Gasteiger partial charge on any atom is 0.0507 e. The van der Waals surface area contributed by atoms with E-state index in [0.717, 1.165) is 29.2 Å². The van der Waals surface area contributed by atoms with Gasteiger partial charge < -0.3 is 5.11 Å². The molecule has 0 spiro atoms. The number of aromatic nitrogens is 1. The number of fused-ring (bicyclic) bond motifs is 1. The highest BCUT2D eigenvalue weighted by atomic mass is 16.2. The molecule has 0 atom stereocenters. The molecule has 0 saturated carbocycles. The second kappa shape index (κ2) is 5.29. The number of nitrogens with zero attached hydrogens (tertiary/aromatic N) is 1. The van der Waals surface area contributed by atoms with Crippen LogP contribution < -0.4 is 0 Å². The maximum absolute atomic E-state index is 8.66. The first-order chi connectivity index (χ1) is 7.92. The van der Waals surface area contributed by atoms with E-state index < -0.39 is 0 Å². The summed E-state index contributed by atoms with van der Waals surface area (Å²) in [6.07, 6.45) is 5.08. The highest BCUT2D eigenvalue weighted by Gasteiger charge is 1.96. The summed E-state index contributed by atoms with van der Waals surface area (Å²) in [6.45, 7) is 0.197. The average Bonchev–Trinajstić information content (AvgIpc) is 2.35. The molecule has 1 heterocycles. The van der Waals surface area contributed by atoms with Crippen molar-refractivity contribution < 1.29 is 5.11 Å². The number of benzene rings is 1. The Kier molecular flexibility index (Phi) is 3.53. The fourth-order valence-electron chi connectivity index (χ4n) is 1.54. The molecule has 0 unspecified atom stereocenters. The van der Waals surface area contributed by atoms with Gasteiger partial charge in [-0.3, -0.25) is 4.98 Å². The standard InChI is InChI=1S/C14H13NO/c16-9-5-1-2-6-12-10-15-11-13-7-3-4-8-14(12)13/h3-4,7-8,10-11,16H,1,5,9H2. The van der Waals surface area contributed by atoms with Crippen molar-refractivity contribution in [3.63, 3.8) is 0 Å². The van der Waals surface area contributed by atoms with Crippen LogP contribution in [0.2, 0.25) is 0 Å². The van der Waals surface area contributed by atoms with Gasteiger partial charge in [-0.05, 0) is 6.42 Å². The van der Waals surface area contributed by atoms with Gasteiger partial charge in [-0.15, -0.1) is 0 Å². The van der Waals surface area contributed by atoms with E-state index in [0.29, 0.717) is 0 Å². The molecule has 0 fully saturated rings. The van der Waals surface area contributed by atoms with Gasteiger partial charge in [0.1, 0.15) is 0 Å². The fourth-order valence-corrected chi connectivity index (χ4v) is 1.54. The van der Waals surface area contributed by atoms with Crippen molar-refractivity contribution in [2.45, 2.75) is 12.8 Å². The van der Waals surface area contributed by atoms with Crippen LogP contribution in [0.5, 0.6) is 0 Å². The molecular formula is C14H13NO. The van der Waals surface area contributed by atoms with Crippen molar-refractivity contribution in [3.05, 3.63) is 42.2 Å². The quantitative estimate of drug-likeness (QED) is 0.611. The largest absolute Gasteiger partial charge is 0.396 e. The van der Waals surface area contributed by atoms with Crippen LogP contribution in [0.25, 0.3) is 10.8 Å². The molecule has 0 aliphatic rings. The van der Waals surface area contributed by atoms with E-state index in [9.17, 15) is 0 Å². The molecule has 2 aromatic rings. The minimum absolute atomic E-state index is 0.197. The Morgan fingerprint density at radius 1 is 1.19 bits per heavy atom. The summed E-state index contributed by atoms with van der Waals surface area (Å²) in [4.78, 5) is 4.16. The summed E-state index contributed by atoms with van der Waals surface area (Å²) in [5.41, 5.74) is 0.955. The van der Waals surface area contributed by atoms with E-state index in [4.69, 9.17) is 5.11 Å². The van der Waals surface area contributed by atoms with Gasteiger partial charge in [0, 0.05) is 36.2 Å². The zero-order valence-electron chi connectivity index (χ0n) is 8.98. The lowest BCUT2D eigenvalue weighted by Gasteiger charge is -1.98. The van der Waals surface area contributed by atoms with E-state index >= 15 is 0 Å². The molecule has 0 saturated heterocycles. The van der Waals surface area contributed by atoms with Crippen LogP contribution >= 0.6 is 0 Å². The molecule has 0 amide bonds. The number of hydrogen-bond donors (Lipinski definition) is 1. The number of aliphatic hydroxyl groups is 1. The van der Waals surface area contributed by atoms with Crippen LogP contribution in [0.4, 0.5) is 0 Å². The van der Waals surface area contributed by atoms with E-state index in [1.165, 1.54) is 0 Å². The third kappa shape index (κ3) is 2.39. The molecule has 2 rings (SSSR count). The van der Waals surface area contributed by atoms with E-state index in [2.05, 4.69) is 16.8 Å². The Hall–Kier alpha value is -1.85. The van der Waals surface area contributed by atoms with Crippen molar-refractivity contribution >= 4 is 10.8 Å². The Morgan fingerprint density at radius 2 is 2.06 bits per heavy atom. The Morgan fingerprint density at radius 3 is 2.94 bits per heavy atom. The summed E-state index contributed by atoms with van der Waals surface area (Å²) in [5.74, 6) is 6.14. The number of hydrogen-bond acceptors (Lipinski definition) is 2. The summed E-state index contributed by atoms with van der Waals surface area (Å²) in [7, 11) is 0. The first-order valence-corrected chi connectivity index (χ1v) is 5.34. The zero-order valence-corrected chi connectivity index (χ0v) is 8.98. The van der Waals surface area contributed by atoms with Crippen LogP contribution in [0, 0.1) is 11.8 Å². The van der Waals surface area contributed by atoms with Crippen LogP contribution in [0.1, 0.15) is 18.4 Å². The lowest BCUT2D eigenvalue weighted by molar-refractivity contribution is 0.290. The van der Waals surface area contributed by atoms with Crippen molar-refractivity contribution in [1.29, 1.82) is 0 Å². The van der Waals surface area contributed by atoms with Gasteiger partial charge in [0.15, 0.2) is 0 Å². The molecule has 1 aromatic carbocycles. The SMILES string of the molecule is OCCCC#Cc1cncc2ccccc12. The number of unbranched alkanes of at least 4 members (excludes halogenated alkanes) is 1. The van der Waals surface area contributed by atoms with Crippen molar-refractivity contribution in [2.24, 2.45) is 0 Å². The van der Waals surface area contributed by atoms with E-state index in [-0.39, 0.29) is 6.61 Å². The van der Waals surface area contributed by atoms with Crippen LogP contribution in [-0.4, -0.2) is 16.7 Å². The van der Waals surface area contributed by atoms with E-state index in [1.54, 1.807) is 6.20 Å². The topological polar surface area (TPSA) is 33.1 Å². The normalized spacial score (nSPS) is 9.81. The summed E-state index contributed by atoms with van der Waals surface area (Å²) < 4.78 is 0. The van der Waals surface area contributed by atoms with Gasteiger partial charge in [-0.1, -0.05) is 36.1 Å². The summed E-state index contributed by atoms with van der Waals surface area (Å²) >= 11 is 0. The third-order valence-electron chi connectivity index (χ3n) is 2.35. The average molecular weight is 211 g/mol. The zero-order chi connectivity index (χ0) is 11.2. The van der Waals surface area contributed by atoms with Gasteiger partial charge >= 0.3 is 0 Å². The molecule has 1 aromatic heterocycles. The summed E-state index contributed by atoms with van der Waals surface area (Å²) in [5, 5.41) is 10.9. The smallest absolute Gasteiger partial charge is 0.0507 e. The third-order valence-corrected chi connectivity index (χ3v) is 2.35. The molecular weight excluding hydrogens is 198 g/mol. The lowest BCUT2D eigenvalue weighted by atomic mass is 10.1. The Balaban J connectivity index is 2.32. The second-order valence-electron chi connectivity index (χ2n) is 3.54. The van der Waals surface area contributed by atoms with Gasteiger partial charge in [0.05, 0.1) is 5.56 Å². The molecule has 0 aliphatic heterocycles. The molecule has 1 N–H and O–H groups in total. The van der Waals surface area contributed by atoms with Gasteiger partial charge in [0.2, 0.25) is 0 Å². The fraction of sp³-hybridized carbons (Fsp3) is 0.214. The molecule has 80 valence electrons. The van der Waals surface area contributed by atoms with Gasteiger partial charge in [0.25, 0.3) is 0 Å². The predicted octanol–water partition coefficient (Wildman–Crippen LogP) is 2.36. The second-order valence-corrected chi connectivity index (χ2v) is 3.54. The number of rotatable bonds is 2. The highest BCUT2D eigenvalue weighted by molar-refractivity contribution is 5.87. The van der Waals surface area contributed by atoms with Crippen LogP contribution in [0.3, 0.4) is 0 Å². The first-order valence-electron chi connectivity index (χ1n) is 5.34. The van der Waals surface area contributed by atoms with Crippen molar-refractivity contribution in [3.8, 4) is 11.8 Å². The summed E-state index contributed by atoms with van der Waals surface area (Å²) in [6, 6.07) is 8.07.